The monoisotopic (exact) mass is 296 g/mol. The van der Waals surface area contributed by atoms with E-state index in [9.17, 15) is 4.79 Å². The van der Waals surface area contributed by atoms with Crippen LogP contribution in [0.1, 0.15) is 26.4 Å². The van der Waals surface area contributed by atoms with Crippen LogP contribution in [0.15, 0.2) is 42.6 Å². The van der Waals surface area contributed by atoms with Gasteiger partial charge in [0.25, 0.3) is 0 Å². The lowest BCUT2D eigenvalue weighted by atomic mass is 10.1. The second-order valence-electron chi connectivity index (χ2n) is 5.15. The molecule has 0 fully saturated rings. The summed E-state index contributed by atoms with van der Waals surface area (Å²) < 4.78 is 1.84. The maximum Gasteiger partial charge on any atom is 0.153 e. The van der Waals surface area contributed by atoms with E-state index in [0.29, 0.717) is 12.1 Å². The highest BCUT2D eigenvalue weighted by Crippen LogP contribution is 2.28. The topological polar surface area (TPSA) is 34.9 Å². The van der Waals surface area contributed by atoms with Gasteiger partial charge in [0.1, 0.15) is 5.69 Å². The van der Waals surface area contributed by atoms with Gasteiger partial charge in [-0.2, -0.15) is 5.10 Å². The Balaban J connectivity index is 1.94. The Morgan fingerprint density at radius 1 is 1.24 bits per heavy atom. The van der Waals surface area contributed by atoms with Crippen molar-refractivity contribution in [1.29, 1.82) is 0 Å². The highest BCUT2D eigenvalue weighted by Gasteiger charge is 2.12. The van der Waals surface area contributed by atoms with Gasteiger partial charge in [-0.25, -0.2) is 0 Å². The van der Waals surface area contributed by atoms with E-state index in [4.69, 9.17) is 0 Å². The number of carbonyl (C=O) groups is 1. The van der Waals surface area contributed by atoms with Crippen molar-refractivity contribution >= 4 is 17.6 Å². The van der Waals surface area contributed by atoms with Gasteiger partial charge in [0, 0.05) is 11.1 Å². The summed E-state index contributed by atoms with van der Waals surface area (Å²) in [5, 5.41) is 4.59. The molecule has 106 valence electrons. The highest BCUT2D eigenvalue weighted by molar-refractivity contribution is 7.15. The van der Waals surface area contributed by atoms with E-state index in [2.05, 4.69) is 37.1 Å². The molecule has 0 aliphatic carbocycles. The number of aldehydes is 1. The SMILES string of the molecule is Cc1cccc(Cn2cc(C=O)c(-c3ccc(C)s3)n2)c1. The summed E-state index contributed by atoms with van der Waals surface area (Å²) in [7, 11) is 0. The molecule has 3 nitrogen and oxygen atoms in total. The second-order valence-corrected chi connectivity index (χ2v) is 6.44. The average molecular weight is 296 g/mol. The summed E-state index contributed by atoms with van der Waals surface area (Å²) in [5.74, 6) is 0. The van der Waals surface area contributed by atoms with E-state index in [-0.39, 0.29) is 0 Å². The number of aromatic nitrogens is 2. The van der Waals surface area contributed by atoms with E-state index in [0.717, 1.165) is 16.9 Å². The van der Waals surface area contributed by atoms with Crippen molar-refractivity contribution in [3.63, 3.8) is 0 Å². The number of thiophene rings is 1. The number of hydrogen-bond donors (Lipinski definition) is 0. The fraction of sp³-hybridized carbons (Fsp3) is 0.176. The Morgan fingerprint density at radius 2 is 2.10 bits per heavy atom. The second kappa shape index (κ2) is 5.66. The van der Waals surface area contributed by atoms with Gasteiger partial charge in [-0.15, -0.1) is 11.3 Å². The third-order valence-corrected chi connectivity index (χ3v) is 4.33. The third-order valence-electron chi connectivity index (χ3n) is 3.32. The average Bonchev–Trinajstić information content (AvgIpc) is 3.05. The maximum atomic E-state index is 11.3. The molecule has 0 atom stereocenters. The standard InChI is InChI=1S/C17H16N2OS/c1-12-4-3-5-14(8-12)9-19-10-15(11-20)17(18-19)16-7-6-13(2)21-16/h3-8,10-11H,9H2,1-2H3. The minimum atomic E-state index is 0.643. The summed E-state index contributed by atoms with van der Waals surface area (Å²) in [5.41, 5.74) is 3.83. The molecule has 2 aromatic heterocycles. The minimum absolute atomic E-state index is 0.643. The predicted molar refractivity (Wildman–Crippen MR) is 85.9 cm³/mol. The van der Waals surface area contributed by atoms with E-state index >= 15 is 0 Å². The van der Waals surface area contributed by atoms with Crippen LogP contribution in [0, 0.1) is 13.8 Å². The van der Waals surface area contributed by atoms with E-state index in [1.807, 2.05) is 29.1 Å². The number of hydrogen-bond acceptors (Lipinski definition) is 3. The zero-order valence-electron chi connectivity index (χ0n) is 12.0. The Hall–Kier alpha value is -2.20. The lowest BCUT2D eigenvalue weighted by Gasteiger charge is -2.02. The Labute approximate surface area is 127 Å². The van der Waals surface area contributed by atoms with Gasteiger partial charge in [-0.1, -0.05) is 29.8 Å². The molecule has 0 amide bonds. The third kappa shape index (κ3) is 2.95. The van der Waals surface area contributed by atoms with Crippen LogP contribution in [0.3, 0.4) is 0 Å². The minimum Gasteiger partial charge on any atom is -0.298 e. The molecule has 3 aromatic rings. The fourth-order valence-corrected chi connectivity index (χ4v) is 3.23. The van der Waals surface area contributed by atoms with Crippen LogP contribution in [0.25, 0.3) is 10.6 Å². The quantitative estimate of drug-likeness (QED) is 0.680. The summed E-state index contributed by atoms with van der Waals surface area (Å²) in [6.45, 7) is 4.80. The van der Waals surface area contributed by atoms with Gasteiger partial charge in [0.2, 0.25) is 0 Å². The molecule has 3 rings (SSSR count). The largest absolute Gasteiger partial charge is 0.298 e. The van der Waals surface area contributed by atoms with Gasteiger partial charge >= 0.3 is 0 Å². The van der Waals surface area contributed by atoms with Crippen molar-refractivity contribution in [3.05, 3.63) is 64.2 Å². The zero-order chi connectivity index (χ0) is 14.8. The van der Waals surface area contributed by atoms with Crippen molar-refractivity contribution < 1.29 is 4.79 Å². The first-order valence-electron chi connectivity index (χ1n) is 6.80. The molecular formula is C17H16N2OS. The summed E-state index contributed by atoms with van der Waals surface area (Å²) >= 11 is 1.66. The van der Waals surface area contributed by atoms with Gasteiger partial charge < -0.3 is 0 Å². The molecule has 0 aliphatic rings. The first kappa shape index (κ1) is 13.8. The Kier molecular flexibility index (Phi) is 3.71. The molecule has 2 heterocycles. The molecule has 0 saturated carbocycles. The first-order chi connectivity index (χ1) is 10.2. The molecule has 0 unspecified atom stereocenters. The number of benzene rings is 1. The number of rotatable bonds is 4. The molecule has 0 radical (unpaired) electrons. The number of carbonyl (C=O) groups excluding carboxylic acids is 1. The molecule has 0 saturated heterocycles. The van der Waals surface area contributed by atoms with Crippen molar-refractivity contribution in [3.8, 4) is 10.6 Å². The summed E-state index contributed by atoms with van der Waals surface area (Å²) in [6, 6.07) is 12.4. The smallest absolute Gasteiger partial charge is 0.153 e. The van der Waals surface area contributed by atoms with Crippen LogP contribution in [-0.2, 0) is 6.54 Å². The molecule has 21 heavy (non-hydrogen) atoms. The molecule has 0 spiro atoms. The fourth-order valence-electron chi connectivity index (χ4n) is 2.35. The number of aryl methyl sites for hydroxylation is 2. The van der Waals surface area contributed by atoms with Crippen LogP contribution >= 0.6 is 11.3 Å². The molecule has 1 aromatic carbocycles. The van der Waals surface area contributed by atoms with Crippen LogP contribution < -0.4 is 0 Å². The lowest BCUT2D eigenvalue weighted by molar-refractivity contribution is 0.112. The molecule has 0 bridgehead atoms. The maximum absolute atomic E-state index is 11.3. The van der Waals surface area contributed by atoms with Gasteiger partial charge in [-0.05, 0) is 31.5 Å². The normalized spacial score (nSPS) is 10.8. The highest BCUT2D eigenvalue weighted by atomic mass is 32.1. The van der Waals surface area contributed by atoms with Gasteiger partial charge in [0.05, 0.1) is 17.0 Å². The van der Waals surface area contributed by atoms with Crippen LogP contribution in [0.4, 0.5) is 0 Å². The Morgan fingerprint density at radius 3 is 2.76 bits per heavy atom. The molecule has 0 aliphatic heterocycles. The van der Waals surface area contributed by atoms with E-state index in [1.165, 1.54) is 16.0 Å². The van der Waals surface area contributed by atoms with E-state index < -0.39 is 0 Å². The lowest BCUT2D eigenvalue weighted by Crippen LogP contribution is -2.00. The van der Waals surface area contributed by atoms with Crippen molar-refractivity contribution in [1.82, 2.24) is 9.78 Å². The number of nitrogens with zero attached hydrogens (tertiary/aromatic N) is 2. The van der Waals surface area contributed by atoms with Crippen molar-refractivity contribution in [2.45, 2.75) is 20.4 Å². The zero-order valence-corrected chi connectivity index (χ0v) is 12.9. The summed E-state index contributed by atoms with van der Waals surface area (Å²) in [4.78, 5) is 13.5. The predicted octanol–water partition coefficient (Wildman–Crippen LogP) is 4.09. The Bertz CT molecular complexity index is 786. The van der Waals surface area contributed by atoms with Crippen molar-refractivity contribution in [2.24, 2.45) is 0 Å². The van der Waals surface area contributed by atoms with Crippen molar-refractivity contribution in [2.75, 3.05) is 0 Å². The molecule has 0 N–H and O–H groups in total. The van der Waals surface area contributed by atoms with Crippen LogP contribution in [-0.4, -0.2) is 16.1 Å². The molecule has 4 heteroatoms. The van der Waals surface area contributed by atoms with E-state index in [1.54, 1.807) is 11.3 Å². The summed E-state index contributed by atoms with van der Waals surface area (Å²) in [6.07, 6.45) is 2.70. The molecular weight excluding hydrogens is 280 g/mol. The van der Waals surface area contributed by atoms with Crippen LogP contribution in [0.5, 0.6) is 0 Å². The van der Waals surface area contributed by atoms with Gasteiger partial charge in [-0.3, -0.25) is 9.48 Å². The van der Waals surface area contributed by atoms with Crippen LogP contribution in [0.2, 0.25) is 0 Å². The first-order valence-corrected chi connectivity index (χ1v) is 7.62. The van der Waals surface area contributed by atoms with Gasteiger partial charge in [0.15, 0.2) is 6.29 Å².